The molecule has 0 bridgehead atoms. The van der Waals surface area contributed by atoms with Crippen LogP contribution in [0.2, 0.25) is 0 Å². The predicted octanol–water partition coefficient (Wildman–Crippen LogP) is 2.26. The van der Waals surface area contributed by atoms with Gasteiger partial charge in [0.05, 0.1) is 12.7 Å². The monoisotopic (exact) mass is 306 g/mol. The Labute approximate surface area is 132 Å². The first-order valence-corrected chi connectivity index (χ1v) is 7.97. The average Bonchev–Trinajstić information content (AvgIpc) is 2.95. The molecule has 122 valence electrons. The summed E-state index contributed by atoms with van der Waals surface area (Å²) >= 11 is 0. The van der Waals surface area contributed by atoms with E-state index in [2.05, 4.69) is 10.6 Å². The van der Waals surface area contributed by atoms with Crippen LogP contribution in [0.5, 0.6) is 5.75 Å². The largest absolute Gasteiger partial charge is 0.493 e. The zero-order valence-corrected chi connectivity index (χ0v) is 13.5. The lowest BCUT2D eigenvalue weighted by Crippen LogP contribution is -2.46. The second kappa shape index (κ2) is 7.49. The number of aliphatic hydroxyl groups excluding tert-OH is 1. The van der Waals surface area contributed by atoms with Crippen LogP contribution in [0.4, 0.5) is 4.79 Å². The molecule has 0 spiro atoms. The molecule has 1 heterocycles. The van der Waals surface area contributed by atoms with Gasteiger partial charge in [0.2, 0.25) is 0 Å². The van der Waals surface area contributed by atoms with E-state index in [9.17, 15) is 9.90 Å². The molecule has 1 aliphatic rings. The zero-order chi connectivity index (χ0) is 16.1. The van der Waals surface area contributed by atoms with Crippen molar-refractivity contribution in [3.63, 3.8) is 0 Å². The van der Waals surface area contributed by atoms with Crippen molar-refractivity contribution in [2.24, 2.45) is 5.92 Å². The van der Waals surface area contributed by atoms with Crippen LogP contribution in [-0.2, 0) is 0 Å². The number of carbonyl (C=O) groups is 1. The van der Waals surface area contributed by atoms with Crippen LogP contribution in [0.25, 0.3) is 0 Å². The van der Waals surface area contributed by atoms with E-state index >= 15 is 0 Å². The lowest BCUT2D eigenvalue weighted by molar-refractivity contribution is 0.114. The van der Waals surface area contributed by atoms with Gasteiger partial charge >= 0.3 is 6.03 Å². The molecular formula is C17H26N2O3. The number of hydrogen-bond acceptors (Lipinski definition) is 3. The molecule has 22 heavy (non-hydrogen) atoms. The molecule has 0 saturated heterocycles. The summed E-state index contributed by atoms with van der Waals surface area (Å²) in [6, 6.07) is 7.63. The summed E-state index contributed by atoms with van der Waals surface area (Å²) in [6.07, 6.45) is 0.374. The number of benzene rings is 1. The fourth-order valence-electron chi connectivity index (χ4n) is 2.63. The number of urea groups is 1. The summed E-state index contributed by atoms with van der Waals surface area (Å²) in [4.78, 5) is 12.0. The van der Waals surface area contributed by atoms with Crippen molar-refractivity contribution in [3.05, 3.63) is 29.8 Å². The minimum Gasteiger partial charge on any atom is -0.493 e. The Morgan fingerprint density at radius 2 is 2.14 bits per heavy atom. The number of carbonyl (C=O) groups excluding carboxylic acids is 1. The molecular weight excluding hydrogens is 280 g/mol. The Morgan fingerprint density at radius 3 is 2.86 bits per heavy atom. The van der Waals surface area contributed by atoms with Gasteiger partial charge in [-0.2, -0.15) is 0 Å². The Balaban J connectivity index is 1.82. The van der Waals surface area contributed by atoms with Crippen molar-refractivity contribution in [1.29, 1.82) is 0 Å². The Hall–Kier alpha value is -1.75. The van der Waals surface area contributed by atoms with Gasteiger partial charge in [0.15, 0.2) is 0 Å². The minimum absolute atomic E-state index is 0.0376. The lowest BCUT2D eigenvalue weighted by atomic mass is 9.94. The van der Waals surface area contributed by atoms with Crippen molar-refractivity contribution < 1.29 is 14.6 Å². The van der Waals surface area contributed by atoms with Crippen LogP contribution in [0.15, 0.2) is 24.3 Å². The first kappa shape index (κ1) is 16.6. The van der Waals surface area contributed by atoms with Crippen molar-refractivity contribution in [2.45, 2.75) is 45.3 Å². The standard InChI is InChI=1S/C17H26N2O3/c1-4-11(2)15(20)9-18-17(21)19-12(3)14-10-22-16-8-6-5-7-13(14)16/h5-8,11-12,14-15,20H,4,9-10H2,1-3H3,(H2,18,19,21). The van der Waals surface area contributed by atoms with Crippen LogP contribution in [0.3, 0.4) is 0 Å². The number of nitrogens with one attached hydrogen (secondary N) is 2. The third-order valence-corrected chi connectivity index (χ3v) is 4.47. The van der Waals surface area contributed by atoms with Crippen LogP contribution in [-0.4, -0.2) is 36.4 Å². The minimum atomic E-state index is -0.512. The van der Waals surface area contributed by atoms with Crippen LogP contribution < -0.4 is 15.4 Å². The van der Waals surface area contributed by atoms with Gasteiger partial charge in [0.1, 0.15) is 5.75 Å². The van der Waals surface area contributed by atoms with Gasteiger partial charge in [-0.25, -0.2) is 4.79 Å². The van der Waals surface area contributed by atoms with Gasteiger partial charge in [-0.1, -0.05) is 38.5 Å². The highest BCUT2D eigenvalue weighted by Crippen LogP contribution is 2.35. The average molecular weight is 306 g/mol. The van der Waals surface area contributed by atoms with E-state index < -0.39 is 6.10 Å². The van der Waals surface area contributed by atoms with Crippen molar-refractivity contribution in [1.82, 2.24) is 10.6 Å². The van der Waals surface area contributed by atoms with Crippen LogP contribution in [0.1, 0.15) is 38.7 Å². The molecule has 1 aliphatic heterocycles. The molecule has 5 nitrogen and oxygen atoms in total. The molecule has 0 fully saturated rings. The number of para-hydroxylation sites is 1. The summed E-state index contributed by atoms with van der Waals surface area (Å²) in [7, 11) is 0. The van der Waals surface area contributed by atoms with Gasteiger partial charge in [-0.05, 0) is 18.9 Å². The molecule has 2 rings (SSSR count). The van der Waals surface area contributed by atoms with Crippen molar-refractivity contribution in [2.75, 3.05) is 13.2 Å². The lowest BCUT2D eigenvalue weighted by Gasteiger charge is -2.22. The summed E-state index contributed by atoms with van der Waals surface area (Å²) in [5.74, 6) is 1.23. The first-order valence-electron chi connectivity index (χ1n) is 7.97. The summed E-state index contributed by atoms with van der Waals surface area (Å²) in [5.41, 5.74) is 1.13. The maximum atomic E-state index is 12.0. The van der Waals surface area contributed by atoms with Gasteiger partial charge in [0.25, 0.3) is 0 Å². The Morgan fingerprint density at radius 1 is 1.41 bits per heavy atom. The number of ether oxygens (including phenoxy) is 1. The molecule has 0 aliphatic carbocycles. The third-order valence-electron chi connectivity index (χ3n) is 4.47. The summed E-state index contributed by atoms with van der Waals surface area (Å²) in [6.45, 7) is 6.82. The van der Waals surface area contributed by atoms with E-state index in [1.807, 2.05) is 45.0 Å². The fourth-order valence-corrected chi connectivity index (χ4v) is 2.63. The molecule has 0 saturated carbocycles. The van der Waals surface area contributed by atoms with Crippen molar-refractivity contribution in [3.8, 4) is 5.75 Å². The number of fused-ring (bicyclic) bond motifs is 1. The van der Waals surface area contributed by atoms with Gasteiger partial charge in [-0.15, -0.1) is 0 Å². The quantitative estimate of drug-likeness (QED) is 0.755. The SMILES string of the molecule is CCC(C)C(O)CNC(=O)NC(C)C1COc2ccccc21. The molecule has 0 aromatic heterocycles. The first-order chi connectivity index (χ1) is 10.5. The number of aliphatic hydroxyl groups is 1. The molecule has 1 aromatic rings. The maximum absolute atomic E-state index is 12.0. The van der Waals surface area contributed by atoms with Crippen LogP contribution >= 0.6 is 0 Å². The van der Waals surface area contributed by atoms with E-state index in [-0.39, 0.29) is 30.5 Å². The van der Waals surface area contributed by atoms with Crippen molar-refractivity contribution >= 4 is 6.03 Å². The molecule has 0 radical (unpaired) electrons. The molecule has 4 unspecified atom stereocenters. The molecule has 5 heteroatoms. The highest BCUT2D eigenvalue weighted by molar-refractivity contribution is 5.74. The number of rotatable bonds is 6. The Bertz CT molecular complexity index is 506. The molecule has 2 amide bonds. The van der Waals surface area contributed by atoms with E-state index in [4.69, 9.17) is 4.74 Å². The zero-order valence-electron chi connectivity index (χ0n) is 13.5. The highest BCUT2D eigenvalue weighted by Gasteiger charge is 2.29. The summed E-state index contributed by atoms with van der Waals surface area (Å²) in [5, 5.41) is 15.5. The Kier molecular flexibility index (Phi) is 5.66. The second-order valence-corrected chi connectivity index (χ2v) is 6.05. The maximum Gasteiger partial charge on any atom is 0.315 e. The normalized spacial score (nSPS) is 20.5. The molecule has 1 aromatic carbocycles. The topological polar surface area (TPSA) is 70.6 Å². The number of amides is 2. The van der Waals surface area contributed by atoms with E-state index in [0.717, 1.165) is 17.7 Å². The van der Waals surface area contributed by atoms with E-state index in [1.54, 1.807) is 0 Å². The smallest absolute Gasteiger partial charge is 0.315 e. The van der Waals surface area contributed by atoms with Gasteiger partial charge in [-0.3, -0.25) is 0 Å². The highest BCUT2D eigenvalue weighted by atomic mass is 16.5. The molecule has 4 atom stereocenters. The van der Waals surface area contributed by atoms with E-state index in [0.29, 0.717) is 6.61 Å². The second-order valence-electron chi connectivity index (χ2n) is 6.05. The summed E-state index contributed by atoms with van der Waals surface area (Å²) < 4.78 is 5.65. The van der Waals surface area contributed by atoms with E-state index in [1.165, 1.54) is 0 Å². The van der Waals surface area contributed by atoms with Crippen LogP contribution in [0, 0.1) is 5.92 Å². The number of hydrogen-bond donors (Lipinski definition) is 3. The predicted molar refractivity (Wildman–Crippen MR) is 86.1 cm³/mol. The fraction of sp³-hybridized carbons (Fsp3) is 0.588. The third kappa shape index (κ3) is 3.91. The van der Waals surface area contributed by atoms with Gasteiger partial charge < -0.3 is 20.5 Å². The molecule has 3 N–H and O–H groups in total. The van der Waals surface area contributed by atoms with Gasteiger partial charge in [0, 0.05) is 24.1 Å².